The number of carbonyl (C=O) groups excluding carboxylic acids is 3. The first kappa shape index (κ1) is 25.6. The SMILES string of the molecule is COc1cc2c(cc1OC)C(c1ccc(C(=O)NCCN3CCCC3=O)cc1)=NN(C(=O)P)C(C)C2. The zero-order valence-electron chi connectivity index (χ0n) is 20.7. The van der Waals surface area contributed by atoms with E-state index in [4.69, 9.17) is 14.6 Å². The first-order chi connectivity index (χ1) is 17.3. The largest absolute Gasteiger partial charge is 0.493 e. The Kier molecular flexibility index (Phi) is 7.89. The summed E-state index contributed by atoms with van der Waals surface area (Å²) in [7, 11) is 5.35. The van der Waals surface area contributed by atoms with Crippen molar-refractivity contribution >= 4 is 32.4 Å². The normalized spacial score (nSPS) is 17.3. The molecule has 2 heterocycles. The van der Waals surface area contributed by atoms with Crippen LogP contribution in [0.3, 0.4) is 0 Å². The van der Waals surface area contributed by atoms with Gasteiger partial charge in [0.05, 0.1) is 26.0 Å². The minimum Gasteiger partial charge on any atom is -0.493 e. The third-order valence-electron chi connectivity index (χ3n) is 6.49. The summed E-state index contributed by atoms with van der Waals surface area (Å²) in [5.74, 6) is 1.10. The summed E-state index contributed by atoms with van der Waals surface area (Å²) in [5.41, 5.74) is 3.44. The Bertz CT molecular complexity index is 1200. The summed E-state index contributed by atoms with van der Waals surface area (Å²) in [6.45, 7) is 3.60. The zero-order chi connectivity index (χ0) is 25.8. The minimum atomic E-state index is -0.237. The number of nitrogens with zero attached hydrogens (tertiary/aromatic N) is 3. The van der Waals surface area contributed by atoms with Crippen molar-refractivity contribution in [1.82, 2.24) is 15.2 Å². The lowest BCUT2D eigenvalue weighted by atomic mass is 9.93. The standard InChI is InChI=1S/C26H31N4O5P/c1-16-13-19-14-21(34-2)22(35-3)15-20(19)24(28-30(16)26(33)36)17-6-8-18(9-7-17)25(32)27-10-12-29-11-4-5-23(29)31/h6-9,14-16H,4-5,10-13,36H2,1-3H3,(H,27,32). The molecule has 36 heavy (non-hydrogen) atoms. The molecule has 0 radical (unpaired) electrons. The van der Waals surface area contributed by atoms with Crippen LogP contribution in [-0.4, -0.2) is 73.0 Å². The quantitative estimate of drug-likeness (QED) is 0.577. The molecule has 10 heteroatoms. The molecule has 1 fully saturated rings. The molecule has 1 N–H and O–H groups in total. The highest BCUT2D eigenvalue weighted by Crippen LogP contribution is 2.35. The van der Waals surface area contributed by atoms with Crippen LogP contribution in [0.4, 0.5) is 4.79 Å². The molecule has 0 bridgehead atoms. The molecule has 0 aromatic heterocycles. The number of nitrogens with one attached hydrogen (secondary N) is 1. The first-order valence-electron chi connectivity index (χ1n) is 11.9. The van der Waals surface area contributed by atoms with E-state index < -0.39 is 0 Å². The molecule has 9 nitrogen and oxygen atoms in total. The number of fused-ring (bicyclic) bond motifs is 1. The molecule has 0 aliphatic carbocycles. The van der Waals surface area contributed by atoms with Gasteiger partial charge in [-0.25, -0.2) is 5.01 Å². The molecule has 2 aromatic carbocycles. The first-order valence-corrected chi connectivity index (χ1v) is 12.5. The lowest BCUT2D eigenvalue weighted by Gasteiger charge is -2.21. The molecule has 2 unspecified atom stereocenters. The Morgan fingerprint density at radius 2 is 1.83 bits per heavy atom. The van der Waals surface area contributed by atoms with Gasteiger partial charge >= 0.3 is 0 Å². The fourth-order valence-corrected chi connectivity index (χ4v) is 4.89. The van der Waals surface area contributed by atoms with Crippen LogP contribution in [0.15, 0.2) is 41.5 Å². The Labute approximate surface area is 213 Å². The van der Waals surface area contributed by atoms with E-state index in [2.05, 4.69) is 14.6 Å². The lowest BCUT2D eigenvalue weighted by Crippen LogP contribution is -2.35. The van der Waals surface area contributed by atoms with Gasteiger partial charge < -0.3 is 19.7 Å². The Morgan fingerprint density at radius 3 is 2.44 bits per heavy atom. The molecule has 190 valence electrons. The number of amides is 3. The third-order valence-corrected chi connectivity index (χ3v) is 6.75. The van der Waals surface area contributed by atoms with Crippen LogP contribution in [-0.2, 0) is 11.2 Å². The molecule has 4 rings (SSSR count). The van der Waals surface area contributed by atoms with Crippen LogP contribution in [0.2, 0.25) is 0 Å². The van der Waals surface area contributed by atoms with Crippen molar-refractivity contribution in [2.45, 2.75) is 32.2 Å². The van der Waals surface area contributed by atoms with Crippen LogP contribution in [0.25, 0.3) is 0 Å². The smallest absolute Gasteiger partial charge is 0.257 e. The third kappa shape index (κ3) is 5.36. The number of ether oxygens (including phenoxy) is 2. The van der Waals surface area contributed by atoms with Gasteiger partial charge in [-0.1, -0.05) is 12.1 Å². The molecule has 0 saturated carbocycles. The van der Waals surface area contributed by atoms with Crippen LogP contribution < -0.4 is 14.8 Å². The van der Waals surface area contributed by atoms with Gasteiger partial charge in [0.25, 0.3) is 11.6 Å². The van der Waals surface area contributed by atoms with Gasteiger partial charge in [0.15, 0.2) is 11.5 Å². The zero-order valence-corrected chi connectivity index (χ0v) is 21.9. The highest BCUT2D eigenvalue weighted by molar-refractivity contribution is 7.39. The van der Waals surface area contributed by atoms with E-state index in [0.29, 0.717) is 48.7 Å². The van der Waals surface area contributed by atoms with Crippen molar-refractivity contribution in [2.75, 3.05) is 33.9 Å². The van der Waals surface area contributed by atoms with Gasteiger partial charge in [-0.05, 0) is 58.8 Å². The summed E-state index contributed by atoms with van der Waals surface area (Å²) >= 11 is 0. The monoisotopic (exact) mass is 510 g/mol. The fourth-order valence-electron chi connectivity index (χ4n) is 4.58. The van der Waals surface area contributed by atoms with E-state index in [9.17, 15) is 14.4 Å². The number of rotatable bonds is 7. The topological polar surface area (TPSA) is 101 Å². The van der Waals surface area contributed by atoms with Crippen molar-refractivity contribution < 1.29 is 23.9 Å². The van der Waals surface area contributed by atoms with E-state index in [1.54, 1.807) is 31.3 Å². The van der Waals surface area contributed by atoms with E-state index in [-0.39, 0.29) is 23.5 Å². The molecule has 2 aliphatic heterocycles. The second-order valence-electron chi connectivity index (χ2n) is 8.87. The van der Waals surface area contributed by atoms with Crippen LogP contribution >= 0.6 is 9.24 Å². The van der Waals surface area contributed by atoms with E-state index >= 15 is 0 Å². The summed E-state index contributed by atoms with van der Waals surface area (Å²) in [6, 6.07) is 10.7. The average molecular weight is 511 g/mol. The minimum absolute atomic E-state index is 0.139. The van der Waals surface area contributed by atoms with Crippen LogP contribution in [0, 0.1) is 0 Å². The van der Waals surface area contributed by atoms with Gasteiger partial charge in [-0.15, -0.1) is 0 Å². The summed E-state index contributed by atoms with van der Waals surface area (Å²) in [6.07, 6.45) is 2.04. The maximum atomic E-state index is 12.6. The van der Waals surface area contributed by atoms with Crippen molar-refractivity contribution in [3.05, 3.63) is 58.7 Å². The maximum absolute atomic E-state index is 12.6. The van der Waals surface area contributed by atoms with Gasteiger partial charge in [0, 0.05) is 42.7 Å². The molecular formula is C26H31N4O5P. The van der Waals surface area contributed by atoms with Gasteiger partial charge in [-0.2, -0.15) is 5.10 Å². The number of carbonyl (C=O) groups is 3. The number of likely N-dealkylation sites (tertiary alicyclic amines) is 1. The number of hydrazone groups is 1. The number of benzene rings is 2. The number of methoxy groups -OCH3 is 2. The Balaban J connectivity index is 1.60. The highest BCUT2D eigenvalue weighted by atomic mass is 31.0. The molecule has 3 amide bonds. The molecular weight excluding hydrogens is 479 g/mol. The van der Waals surface area contributed by atoms with E-state index in [1.807, 2.05) is 31.2 Å². The summed E-state index contributed by atoms with van der Waals surface area (Å²) in [5, 5.41) is 9.05. The van der Waals surface area contributed by atoms with Crippen molar-refractivity contribution in [3.63, 3.8) is 0 Å². The van der Waals surface area contributed by atoms with Crippen LogP contribution in [0.5, 0.6) is 11.5 Å². The summed E-state index contributed by atoms with van der Waals surface area (Å²) in [4.78, 5) is 38.5. The summed E-state index contributed by atoms with van der Waals surface area (Å²) < 4.78 is 11.0. The van der Waals surface area contributed by atoms with Gasteiger partial charge in [0.1, 0.15) is 0 Å². The predicted octanol–water partition coefficient (Wildman–Crippen LogP) is 3.05. The fraction of sp³-hybridized carbons (Fsp3) is 0.385. The van der Waals surface area contributed by atoms with Crippen molar-refractivity contribution in [3.8, 4) is 11.5 Å². The van der Waals surface area contributed by atoms with Crippen molar-refractivity contribution in [1.29, 1.82) is 0 Å². The van der Waals surface area contributed by atoms with E-state index in [0.717, 1.165) is 29.7 Å². The molecule has 2 atom stereocenters. The molecule has 0 spiro atoms. The van der Waals surface area contributed by atoms with Crippen LogP contribution in [0.1, 0.15) is 46.8 Å². The second-order valence-corrected chi connectivity index (χ2v) is 9.36. The Hall–Kier alpha value is -3.45. The number of hydrogen-bond acceptors (Lipinski definition) is 6. The predicted molar refractivity (Wildman–Crippen MR) is 140 cm³/mol. The number of hydrogen-bond donors (Lipinski definition) is 1. The highest BCUT2D eigenvalue weighted by Gasteiger charge is 2.27. The lowest BCUT2D eigenvalue weighted by molar-refractivity contribution is -0.127. The van der Waals surface area contributed by atoms with Gasteiger partial charge in [0.2, 0.25) is 5.91 Å². The molecule has 2 aliphatic rings. The molecule has 2 aromatic rings. The van der Waals surface area contributed by atoms with Gasteiger partial charge in [-0.3, -0.25) is 14.4 Å². The van der Waals surface area contributed by atoms with E-state index in [1.165, 1.54) is 5.01 Å². The average Bonchev–Trinajstić information content (AvgIpc) is 3.21. The molecule has 1 saturated heterocycles. The Morgan fingerprint density at radius 1 is 1.14 bits per heavy atom. The maximum Gasteiger partial charge on any atom is 0.257 e. The second kappa shape index (κ2) is 11.1. The van der Waals surface area contributed by atoms with Crippen molar-refractivity contribution in [2.24, 2.45) is 5.10 Å².